The van der Waals surface area contributed by atoms with Crippen LogP contribution in [0.3, 0.4) is 0 Å². The fourth-order valence-corrected chi connectivity index (χ4v) is 5.60. The lowest BCUT2D eigenvalue weighted by atomic mass is 9.99. The minimum absolute atomic E-state index is 0.0662. The highest BCUT2D eigenvalue weighted by Gasteiger charge is 2.24. The zero-order valence-corrected chi connectivity index (χ0v) is 18.5. The number of nitrogens with one attached hydrogen (secondary N) is 1. The van der Waals surface area contributed by atoms with E-state index in [1.807, 2.05) is 12.1 Å². The van der Waals surface area contributed by atoms with Gasteiger partial charge in [-0.3, -0.25) is 4.72 Å². The first-order valence-electron chi connectivity index (χ1n) is 9.50. The Morgan fingerprint density at radius 3 is 2.38 bits per heavy atom. The summed E-state index contributed by atoms with van der Waals surface area (Å²) in [6.45, 7) is 3.94. The standard InChI is InChI=1S/C20H27N3O4S2/c1-16-8-7-13-23(15-16)20-12-5-4-11-19(20)21-28(24,25)17-9-6-10-18(14-17)29(26,27)22(2)3/h4-6,9-12,14,16,21H,7-8,13,15H2,1-3H3. The minimum atomic E-state index is -3.96. The summed E-state index contributed by atoms with van der Waals surface area (Å²) < 4.78 is 54.5. The molecule has 1 N–H and O–H groups in total. The molecule has 1 atom stereocenters. The zero-order valence-electron chi connectivity index (χ0n) is 16.9. The third kappa shape index (κ3) is 4.73. The molecule has 0 radical (unpaired) electrons. The maximum atomic E-state index is 13.0. The van der Waals surface area contributed by atoms with Gasteiger partial charge in [0.15, 0.2) is 0 Å². The molecule has 0 saturated carbocycles. The molecule has 1 fully saturated rings. The number of anilines is 2. The average molecular weight is 438 g/mol. The maximum absolute atomic E-state index is 13.0. The van der Waals surface area contributed by atoms with Crippen LogP contribution in [0.4, 0.5) is 11.4 Å². The quantitative estimate of drug-likeness (QED) is 0.751. The van der Waals surface area contributed by atoms with Crippen molar-refractivity contribution in [2.45, 2.75) is 29.6 Å². The fourth-order valence-electron chi connectivity index (χ4n) is 3.46. The maximum Gasteiger partial charge on any atom is 0.262 e. The van der Waals surface area contributed by atoms with Gasteiger partial charge in [-0.15, -0.1) is 0 Å². The Bertz CT molecular complexity index is 1080. The normalized spacial score (nSPS) is 18.1. The van der Waals surface area contributed by atoms with E-state index in [4.69, 9.17) is 0 Å². The third-order valence-electron chi connectivity index (χ3n) is 5.04. The first kappa shape index (κ1) is 21.6. The Morgan fingerprint density at radius 1 is 1.00 bits per heavy atom. The number of rotatable bonds is 6. The van der Waals surface area contributed by atoms with Crippen molar-refractivity contribution in [1.29, 1.82) is 0 Å². The molecular formula is C20H27N3O4S2. The smallest absolute Gasteiger partial charge is 0.262 e. The molecular weight excluding hydrogens is 410 g/mol. The van der Waals surface area contributed by atoms with Crippen molar-refractivity contribution in [1.82, 2.24) is 4.31 Å². The van der Waals surface area contributed by atoms with E-state index in [1.165, 1.54) is 38.4 Å². The number of para-hydroxylation sites is 2. The number of nitrogens with zero attached hydrogens (tertiary/aromatic N) is 2. The van der Waals surface area contributed by atoms with Crippen molar-refractivity contribution < 1.29 is 16.8 Å². The van der Waals surface area contributed by atoms with Crippen LogP contribution in [0.25, 0.3) is 0 Å². The van der Waals surface area contributed by atoms with E-state index in [-0.39, 0.29) is 9.79 Å². The van der Waals surface area contributed by atoms with Gasteiger partial charge in [-0.25, -0.2) is 21.1 Å². The summed E-state index contributed by atoms with van der Waals surface area (Å²) in [7, 11) is -4.87. The Labute approximate surface area is 173 Å². The van der Waals surface area contributed by atoms with Gasteiger partial charge in [0, 0.05) is 27.2 Å². The second kappa shape index (κ2) is 8.33. The first-order valence-corrected chi connectivity index (χ1v) is 12.4. The summed E-state index contributed by atoms with van der Waals surface area (Å²) in [6, 6.07) is 12.7. The second-order valence-corrected chi connectivity index (χ2v) is 11.4. The van der Waals surface area contributed by atoms with Crippen molar-refractivity contribution in [3.63, 3.8) is 0 Å². The number of hydrogen-bond acceptors (Lipinski definition) is 5. The van der Waals surface area contributed by atoms with Crippen molar-refractivity contribution in [2.75, 3.05) is 36.8 Å². The topological polar surface area (TPSA) is 86.8 Å². The second-order valence-electron chi connectivity index (χ2n) is 7.58. The van der Waals surface area contributed by atoms with Crippen molar-refractivity contribution >= 4 is 31.4 Å². The zero-order chi connectivity index (χ0) is 21.2. The van der Waals surface area contributed by atoms with Gasteiger partial charge in [0.25, 0.3) is 10.0 Å². The molecule has 2 aromatic carbocycles. The van der Waals surface area contributed by atoms with Crippen LogP contribution < -0.4 is 9.62 Å². The lowest BCUT2D eigenvalue weighted by molar-refractivity contribution is 0.447. The Morgan fingerprint density at radius 2 is 1.69 bits per heavy atom. The Balaban J connectivity index is 1.93. The summed E-state index contributed by atoms with van der Waals surface area (Å²) in [6.07, 6.45) is 2.23. The summed E-state index contributed by atoms with van der Waals surface area (Å²) in [5.74, 6) is 0.543. The molecule has 9 heteroatoms. The summed E-state index contributed by atoms with van der Waals surface area (Å²) >= 11 is 0. The van der Waals surface area contributed by atoms with E-state index in [9.17, 15) is 16.8 Å². The van der Waals surface area contributed by atoms with Crippen LogP contribution in [0.2, 0.25) is 0 Å². The van der Waals surface area contributed by atoms with Gasteiger partial charge in [-0.1, -0.05) is 25.1 Å². The van der Waals surface area contributed by atoms with E-state index in [2.05, 4.69) is 16.5 Å². The molecule has 0 spiro atoms. The third-order valence-corrected chi connectivity index (χ3v) is 8.21. The van der Waals surface area contributed by atoms with Gasteiger partial charge in [-0.05, 0) is 49.1 Å². The van der Waals surface area contributed by atoms with E-state index >= 15 is 0 Å². The summed E-state index contributed by atoms with van der Waals surface area (Å²) in [5.41, 5.74) is 1.32. The van der Waals surface area contributed by atoms with E-state index < -0.39 is 20.0 Å². The molecule has 1 aliphatic rings. The molecule has 1 unspecified atom stereocenters. The lowest BCUT2D eigenvalue weighted by Crippen LogP contribution is -2.34. The van der Waals surface area contributed by atoms with Crippen LogP contribution in [0.5, 0.6) is 0 Å². The average Bonchev–Trinajstić information content (AvgIpc) is 2.68. The molecule has 0 aromatic heterocycles. The van der Waals surface area contributed by atoms with Crippen LogP contribution in [-0.2, 0) is 20.0 Å². The van der Waals surface area contributed by atoms with Crippen LogP contribution in [-0.4, -0.2) is 48.3 Å². The van der Waals surface area contributed by atoms with Gasteiger partial charge in [-0.2, -0.15) is 0 Å². The Kier molecular flexibility index (Phi) is 6.21. The highest BCUT2D eigenvalue weighted by molar-refractivity contribution is 7.93. The minimum Gasteiger partial charge on any atom is -0.370 e. The predicted octanol–water partition coefficient (Wildman–Crippen LogP) is 2.97. The van der Waals surface area contributed by atoms with Gasteiger partial charge in [0.1, 0.15) is 0 Å². The highest BCUT2D eigenvalue weighted by Crippen LogP contribution is 2.31. The largest absolute Gasteiger partial charge is 0.370 e. The number of piperidine rings is 1. The number of sulfonamides is 2. The van der Waals surface area contributed by atoms with E-state index in [1.54, 1.807) is 12.1 Å². The predicted molar refractivity (Wildman–Crippen MR) is 115 cm³/mol. The molecule has 158 valence electrons. The molecule has 2 aromatic rings. The highest BCUT2D eigenvalue weighted by atomic mass is 32.2. The molecule has 1 aliphatic heterocycles. The molecule has 3 rings (SSSR count). The van der Waals surface area contributed by atoms with Crippen molar-refractivity contribution in [2.24, 2.45) is 5.92 Å². The summed E-state index contributed by atoms with van der Waals surface area (Å²) in [4.78, 5) is 2.03. The van der Waals surface area contributed by atoms with E-state index in [0.29, 0.717) is 11.6 Å². The molecule has 0 aliphatic carbocycles. The van der Waals surface area contributed by atoms with Gasteiger partial charge < -0.3 is 4.90 Å². The number of hydrogen-bond donors (Lipinski definition) is 1. The summed E-state index contributed by atoms with van der Waals surface area (Å²) in [5, 5.41) is 0. The molecule has 0 bridgehead atoms. The fraction of sp³-hybridized carbons (Fsp3) is 0.400. The van der Waals surface area contributed by atoms with Crippen LogP contribution in [0, 0.1) is 5.92 Å². The van der Waals surface area contributed by atoms with Crippen LogP contribution in [0.1, 0.15) is 19.8 Å². The molecule has 0 amide bonds. The monoisotopic (exact) mass is 437 g/mol. The van der Waals surface area contributed by atoms with Crippen LogP contribution in [0.15, 0.2) is 58.3 Å². The van der Waals surface area contributed by atoms with Crippen molar-refractivity contribution in [3.05, 3.63) is 48.5 Å². The molecule has 1 heterocycles. The van der Waals surface area contributed by atoms with Crippen molar-refractivity contribution in [3.8, 4) is 0 Å². The van der Waals surface area contributed by atoms with E-state index in [0.717, 1.165) is 35.9 Å². The van der Waals surface area contributed by atoms with Crippen LogP contribution >= 0.6 is 0 Å². The molecule has 1 saturated heterocycles. The number of benzene rings is 2. The molecule has 7 nitrogen and oxygen atoms in total. The van der Waals surface area contributed by atoms with Gasteiger partial charge in [0.05, 0.1) is 21.2 Å². The SMILES string of the molecule is CC1CCCN(c2ccccc2NS(=O)(=O)c2cccc(S(=O)(=O)N(C)C)c2)C1. The molecule has 29 heavy (non-hydrogen) atoms. The first-order chi connectivity index (χ1) is 13.6. The van der Waals surface area contributed by atoms with Gasteiger partial charge in [0.2, 0.25) is 10.0 Å². The van der Waals surface area contributed by atoms with Gasteiger partial charge >= 0.3 is 0 Å². The Hall–Kier alpha value is -2.10. The lowest BCUT2D eigenvalue weighted by Gasteiger charge is -2.34.